The summed E-state index contributed by atoms with van der Waals surface area (Å²) >= 11 is 3.51. The number of anilines is 2. The van der Waals surface area contributed by atoms with Crippen LogP contribution in [0.5, 0.6) is 0 Å². The van der Waals surface area contributed by atoms with Crippen molar-refractivity contribution in [1.29, 1.82) is 0 Å². The molecule has 4 nitrogen and oxygen atoms in total. The van der Waals surface area contributed by atoms with Crippen LogP contribution in [0.3, 0.4) is 0 Å². The van der Waals surface area contributed by atoms with Crippen molar-refractivity contribution in [2.45, 2.75) is 26.1 Å². The molecule has 170 valence electrons. The Morgan fingerprint density at radius 2 is 1.56 bits per heavy atom. The van der Waals surface area contributed by atoms with Crippen molar-refractivity contribution in [3.05, 3.63) is 88.9 Å². The summed E-state index contributed by atoms with van der Waals surface area (Å²) < 4.78 is 22.0. The first-order chi connectivity index (χ1) is 15.3. The molecule has 0 spiro atoms. The van der Waals surface area contributed by atoms with Crippen molar-refractivity contribution in [1.82, 2.24) is 0 Å². The molecule has 3 rings (SSSR count). The number of hydrogen-bond acceptors (Lipinski definition) is 4. The Kier molecular flexibility index (Phi) is 8.58. The van der Waals surface area contributed by atoms with E-state index in [1.54, 1.807) is 0 Å². The van der Waals surface area contributed by atoms with Crippen LogP contribution in [-0.4, -0.2) is 20.7 Å². The van der Waals surface area contributed by atoms with Gasteiger partial charge in [-0.2, -0.15) is 0 Å². The maximum absolute atomic E-state index is 14.8. The monoisotopic (exact) mass is 514 g/mol. The Hall–Kier alpha value is -2.07. The van der Waals surface area contributed by atoms with Crippen LogP contribution in [-0.2, 0) is 9.09 Å². The van der Waals surface area contributed by atoms with Gasteiger partial charge in [0.2, 0.25) is 0 Å². The molecule has 0 aliphatic rings. The summed E-state index contributed by atoms with van der Waals surface area (Å²) in [5.74, 6) is -0.0526. The van der Waals surface area contributed by atoms with Gasteiger partial charge in [-0.1, -0.05) is 60.1 Å². The van der Waals surface area contributed by atoms with E-state index in [2.05, 4.69) is 35.1 Å². The van der Waals surface area contributed by atoms with Gasteiger partial charge in [-0.3, -0.25) is 4.57 Å². The summed E-state index contributed by atoms with van der Waals surface area (Å²) in [6.07, 6.45) is 0.845. The molecule has 0 amide bonds. The van der Waals surface area contributed by atoms with Gasteiger partial charge < -0.3 is 14.7 Å². The molecule has 0 fully saturated rings. The van der Waals surface area contributed by atoms with Crippen LogP contribution >= 0.6 is 23.3 Å². The summed E-state index contributed by atoms with van der Waals surface area (Å²) in [5.41, 5.74) is 2.87. The standard InChI is InChI=1S/C26H32BrN2O2P/c1-20(2)18-19-31-32(30,25-16-14-24(15-17-25)29(3)4)26(21-10-12-22(27)13-11-21)28-23-8-6-5-7-9-23/h5-17,20,26,28H,18-19H2,1-4H3/t26-,32+/m1/s1. The lowest BCUT2D eigenvalue weighted by Gasteiger charge is -2.30. The number of nitrogens with zero attached hydrogens (tertiary/aromatic N) is 1. The van der Waals surface area contributed by atoms with E-state index in [1.165, 1.54) is 0 Å². The lowest BCUT2D eigenvalue weighted by atomic mass is 10.2. The fourth-order valence-corrected chi connectivity index (χ4v) is 6.07. The third-order valence-electron chi connectivity index (χ3n) is 5.31. The average Bonchev–Trinajstić information content (AvgIpc) is 2.78. The van der Waals surface area contributed by atoms with Crippen molar-refractivity contribution < 1.29 is 9.09 Å². The third-order valence-corrected chi connectivity index (χ3v) is 8.53. The minimum absolute atomic E-state index is 0.438. The zero-order valence-electron chi connectivity index (χ0n) is 19.2. The van der Waals surface area contributed by atoms with Gasteiger partial charge in [-0.15, -0.1) is 0 Å². The Morgan fingerprint density at radius 1 is 0.938 bits per heavy atom. The van der Waals surface area contributed by atoms with Crippen LogP contribution in [0.2, 0.25) is 0 Å². The largest absolute Gasteiger partial charge is 0.378 e. The number of nitrogens with one attached hydrogen (secondary N) is 1. The first-order valence-corrected chi connectivity index (χ1v) is 13.4. The first kappa shape index (κ1) is 24.6. The van der Waals surface area contributed by atoms with Crippen LogP contribution < -0.4 is 15.5 Å². The second kappa shape index (κ2) is 11.2. The van der Waals surface area contributed by atoms with Crippen LogP contribution in [0.25, 0.3) is 0 Å². The second-order valence-electron chi connectivity index (χ2n) is 8.49. The Bertz CT molecular complexity index is 1020. The van der Waals surface area contributed by atoms with E-state index in [0.717, 1.165) is 27.8 Å². The van der Waals surface area contributed by atoms with E-state index in [1.807, 2.05) is 97.9 Å². The van der Waals surface area contributed by atoms with Gasteiger partial charge in [0.15, 0.2) is 0 Å². The number of benzene rings is 3. The van der Waals surface area contributed by atoms with Gasteiger partial charge in [0.25, 0.3) is 7.37 Å². The van der Waals surface area contributed by atoms with Gasteiger partial charge in [0, 0.05) is 35.2 Å². The number of hydrogen-bond donors (Lipinski definition) is 1. The molecule has 0 aromatic heterocycles. The zero-order chi connectivity index (χ0) is 23.1. The lowest BCUT2D eigenvalue weighted by Crippen LogP contribution is -2.21. The highest BCUT2D eigenvalue weighted by Crippen LogP contribution is 2.59. The van der Waals surface area contributed by atoms with Crippen molar-refractivity contribution in [2.75, 3.05) is 30.9 Å². The molecule has 0 heterocycles. The molecule has 0 aliphatic heterocycles. The molecular formula is C26H32BrN2O2P. The van der Waals surface area contributed by atoms with E-state index in [-0.39, 0.29) is 0 Å². The Morgan fingerprint density at radius 3 is 2.12 bits per heavy atom. The molecule has 1 N–H and O–H groups in total. The van der Waals surface area contributed by atoms with Crippen molar-refractivity contribution >= 4 is 40.0 Å². The van der Waals surface area contributed by atoms with Crippen LogP contribution in [0.15, 0.2) is 83.3 Å². The molecule has 0 saturated heterocycles. The SMILES string of the molecule is CC(C)CCO[P@@](=O)(c1ccc(N(C)C)cc1)[C@@H](Nc1ccccc1)c1ccc(Br)cc1. The molecule has 0 saturated carbocycles. The first-order valence-electron chi connectivity index (χ1n) is 10.9. The summed E-state index contributed by atoms with van der Waals surface area (Å²) in [5, 5.41) is 4.23. The molecule has 0 bridgehead atoms. The van der Waals surface area contributed by atoms with Crippen molar-refractivity contribution in [2.24, 2.45) is 5.92 Å². The molecular weight excluding hydrogens is 483 g/mol. The maximum Gasteiger partial charge on any atom is 0.258 e. The van der Waals surface area contributed by atoms with Crippen molar-refractivity contribution in [3.63, 3.8) is 0 Å². The molecule has 0 aliphatic carbocycles. The van der Waals surface area contributed by atoms with E-state index in [9.17, 15) is 4.57 Å². The smallest absolute Gasteiger partial charge is 0.258 e. The second-order valence-corrected chi connectivity index (χ2v) is 11.9. The molecule has 32 heavy (non-hydrogen) atoms. The molecule has 0 radical (unpaired) electrons. The normalized spacial score (nSPS) is 14.1. The zero-order valence-corrected chi connectivity index (χ0v) is 21.6. The van der Waals surface area contributed by atoms with Crippen molar-refractivity contribution in [3.8, 4) is 0 Å². The molecule has 3 aromatic rings. The summed E-state index contributed by atoms with van der Waals surface area (Å²) in [6, 6.07) is 25.7. The highest BCUT2D eigenvalue weighted by atomic mass is 79.9. The Balaban J connectivity index is 2.08. The average molecular weight is 515 g/mol. The highest BCUT2D eigenvalue weighted by molar-refractivity contribution is 9.10. The quantitative estimate of drug-likeness (QED) is 0.288. The minimum atomic E-state index is -3.34. The van der Waals surface area contributed by atoms with E-state index >= 15 is 0 Å². The number of para-hydroxylation sites is 1. The third kappa shape index (κ3) is 6.25. The van der Waals surface area contributed by atoms with Gasteiger partial charge in [-0.25, -0.2) is 0 Å². The topological polar surface area (TPSA) is 41.6 Å². The van der Waals surface area contributed by atoms with Gasteiger partial charge in [0.1, 0.15) is 5.78 Å². The van der Waals surface area contributed by atoms with Gasteiger partial charge in [0.05, 0.1) is 6.61 Å². The number of rotatable bonds is 10. The summed E-state index contributed by atoms with van der Waals surface area (Å²) in [4.78, 5) is 2.03. The Labute approximate surface area is 200 Å². The van der Waals surface area contributed by atoms with Crippen LogP contribution in [0.1, 0.15) is 31.6 Å². The van der Waals surface area contributed by atoms with E-state index in [0.29, 0.717) is 17.8 Å². The molecule has 6 heteroatoms. The van der Waals surface area contributed by atoms with E-state index in [4.69, 9.17) is 4.52 Å². The minimum Gasteiger partial charge on any atom is -0.378 e. The predicted octanol–water partition coefficient (Wildman–Crippen LogP) is 7.29. The van der Waals surface area contributed by atoms with E-state index < -0.39 is 13.2 Å². The van der Waals surface area contributed by atoms with Gasteiger partial charge in [-0.05, 0) is 66.4 Å². The fraction of sp³-hybridized carbons (Fsp3) is 0.308. The number of halogens is 1. The van der Waals surface area contributed by atoms with Gasteiger partial charge >= 0.3 is 0 Å². The predicted molar refractivity (Wildman–Crippen MR) is 140 cm³/mol. The molecule has 3 aromatic carbocycles. The highest BCUT2D eigenvalue weighted by Gasteiger charge is 2.38. The van der Waals surface area contributed by atoms with Crippen LogP contribution in [0, 0.1) is 5.92 Å². The van der Waals surface area contributed by atoms with Crippen LogP contribution in [0.4, 0.5) is 11.4 Å². The molecule has 0 unspecified atom stereocenters. The maximum atomic E-state index is 14.8. The fourth-order valence-electron chi connectivity index (χ4n) is 3.38. The lowest BCUT2D eigenvalue weighted by molar-refractivity contribution is 0.290. The summed E-state index contributed by atoms with van der Waals surface area (Å²) in [7, 11) is 0.655. The molecule has 2 atom stereocenters. The summed E-state index contributed by atoms with van der Waals surface area (Å²) in [6.45, 7) is 4.73.